The Labute approximate surface area is 190 Å². The van der Waals surface area contributed by atoms with E-state index < -0.39 is 5.91 Å². The number of anilines is 1. The molecule has 2 aromatic heterocycles. The summed E-state index contributed by atoms with van der Waals surface area (Å²) in [4.78, 5) is 29.4. The molecule has 8 heteroatoms. The Hall–Kier alpha value is -4.20. The highest BCUT2D eigenvalue weighted by molar-refractivity contribution is 6.05. The van der Waals surface area contributed by atoms with Crippen LogP contribution in [-0.2, 0) is 13.2 Å². The normalized spacial score (nSPS) is 12.9. The zero-order valence-corrected chi connectivity index (χ0v) is 18.1. The number of aryl methyl sites for hydroxylation is 1. The van der Waals surface area contributed by atoms with Crippen molar-refractivity contribution in [1.29, 1.82) is 0 Å². The second-order valence-corrected chi connectivity index (χ2v) is 7.77. The van der Waals surface area contributed by atoms with Crippen molar-refractivity contribution in [1.82, 2.24) is 14.8 Å². The van der Waals surface area contributed by atoms with E-state index in [1.807, 2.05) is 36.4 Å². The molecule has 0 spiro atoms. The Balaban J connectivity index is 1.32. The minimum absolute atomic E-state index is 0.00948. The molecule has 5 rings (SSSR count). The maximum atomic E-state index is 12.7. The summed E-state index contributed by atoms with van der Waals surface area (Å²) >= 11 is 0. The number of hydrogen-bond acceptors (Lipinski definition) is 6. The fraction of sp³-hybridized carbons (Fsp3) is 0.200. The van der Waals surface area contributed by atoms with Gasteiger partial charge in [0.05, 0.1) is 18.3 Å². The van der Waals surface area contributed by atoms with Crippen molar-refractivity contribution in [3.63, 3.8) is 0 Å². The number of methoxy groups -OCH3 is 1. The van der Waals surface area contributed by atoms with Gasteiger partial charge in [0.25, 0.3) is 5.91 Å². The first-order valence-corrected chi connectivity index (χ1v) is 10.7. The number of amides is 1. The van der Waals surface area contributed by atoms with Crippen molar-refractivity contribution in [2.45, 2.75) is 26.0 Å². The Morgan fingerprint density at radius 2 is 1.97 bits per heavy atom. The van der Waals surface area contributed by atoms with Crippen LogP contribution in [0.1, 0.15) is 39.5 Å². The van der Waals surface area contributed by atoms with Crippen molar-refractivity contribution < 1.29 is 19.1 Å². The number of carbonyl (C=O) groups excluding carboxylic acids is 2. The Morgan fingerprint density at radius 3 is 2.82 bits per heavy atom. The van der Waals surface area contributed by atoms with E-state index in [2.05, 4.69) is 15.4 Å². The standard InChI is InChI=1S/C25H22N4O4/c1-32-23-11-10-17(27-25(31)20-14-21-22(30)7-4-12-29(21)28-20)13-24(23)33-15-18-9-8-16-5-2-3-6-19(16)26-18/h2-3,5-6,8-11,13-14H,4,7,12,15H2,1H3,(H,27,31). The smallest absolute Gasteiger partial charge is 0.276 e. The number of para-hydroxylation sites is 1. The average Bonchev–Trinajstić information content (AvgIpc) is 3.29. The van der Waals surface area contributed by atoms with Crippen LogP contribution in [0.25, 0.3) is 10.9 Å². The maximum absolute atomic E-state index is 12.7. The average molecular weight is 442 g/mol. The highest BCUT2D eigenvalue weighted by atomic mass is 16.5. The molecule has 8 nitrogen and oxygen atoms in total. The molecule has 0 saturated carbocycles. The molecule has 4 aromatic rings. The molecule has 0 bridgehead atoms. The van der Waals surface area contributed by atoms with Gasteiger partial charge in [-0.15, -0.1) is 0 Å². The first-order chi connectivity index (χ1) is 16.1. The first kappa shape index (κ1) is 20.7. The third-order valence-electron chi connectivity index (χ3n) is 5.53. The van der Waals surface area contributed by atoms with E-state index in [1.165, 1.54) is 0 Å². The lowest BCUT2D eigenvalue weighted by Crippen LogP contribution is -2.17. The summed E-state index contributed by atoms with van der Waals surface area (Å²) < 4.78 is 13.0. The molecule has 166 valence electrons. The zero-order chi connectivity index (χ0) is 22.8. The number of pyridine rings is 1. The van der Waals surface area contributed by atoms with E-state index in [0.29, 0.717) is 35.8 Å². The van der Waals surface area contributed by atoms with E-state index in [9.17, 15) is 9.59 Å². The summed E-state index contributed by atoms with van der Waals surface area (Å²) in [6, 6.07) is 18.5. The van der Waals surface area contributed by atoms with Crippen molar-refractivity contribution >= 4 is 28.3 Å². The van der Waals surface area contributed by atoms with Crippen molar-refractivity contribution in [3.05, 3.63) is 77.7 Å². The molecule has 1 N–H and O–H groups in total. The molecule has 1 aliphatic heterocycles. The number of carbonyl (C=O) groups is 2. The van der Waals surface area contributed by atoms with Crippen LogP contribution in [0.5, 0.6) is 11.5 Å². The number of benzene rings is 2. The molecule has 0 unspecified atom stereocenters. The van der Waals surface area contributed by atoms with Crippen LogP contribution in [0.15, 0.2) is 60.7 Å². The topological polar surface area (TPSA) is 95.3 Å². The number of fused-ring (bicyclic) bond motifs is 2. The molecule has 0 saturated heterocycles. The summed E-state index contributed by atoms with van der Waals surface area (Å²) in [5.74, 6) is 0.633. The molecule has 33 heavy (non-hydrogen) atoms. The zero-order valence-electron chi connectivity index (χ0n) is 18.1. The predicted molar refractivity (Wildman–Crippen MR) is 123 cm³/mol. The predicted octanol–water partition coefficient (Wildman–Crippen LogP) is 4.25. The van der Waals surface area contributed by atoms with Gasteiger partial charge in [-0.3, -0.25) is 14.3 Å². The van der Waals surface area contributed by atoms with Gasteiger partial charge in [-0.25, -0.2) is 4.98 Å². The number of rotatable bonds is 6. The van der Waals surface area contributed by atoms with Gasteiger partial charge >= 0.3 is 0 Å². The van der Waals surface area contributed by atoms with E-state index >= 15 is 0 Å². The molecule has 2 aromatic carbocycles. The van der Waals surface area contributed by atoms with Crippen LogP contribution in [-0.4, -0.2) is 33.6 Å². The van der Waals surface area contributed by atoms with Crippen molar-refractivity contribution in [3.8, 4) is 11.5 Å². The minimum Gasteiger partial charge on any atom is -0.493 e. The highest BCUT2D eigenvalue weighted by Crippen LogP contribution is 2.31. The van der Waals surface area contributed by atoms with Gasteiger partial charge in [0.2, 0.25) is 0 Å². The van der Waals surface area contributed by atoms with Crippen molar-refractivity contribution in [2.24, 2.45) is 0 Å². The summed E-state index contributed by atoms with van der Waals surface area (Å²) in [7, 11) is 1.56. The lowest BCUT2D eigenvalue weighted by Gasteiger charge is -2.13. The lowest BCUT2D eigenvalue weighted by molar-refractivity contribution is 0.0950. The van der Waals surface area contributed by atoms with Crippen LogP contribution in [0.4, 0.5) is 5.69 Å². The van der Waals surface area contributed by atoms with Gasteiger partial charge in [0, 0.05) is 36.2 Å². The SMILES string of the molecule is COc1ccc(NC(=O)c2cc3n(n2)CCCC3=O)cc1OCc1ccc2ccccc2n1. The number of nitrogens with zero attached hydrogens (tertiary/aromatic N) is 3. The molecular formula is C25H22N4O4. The van der Waals surface area contributed by atoms with E-state index in [-0.39, 0.29) is 18.1 Å². The third-order valence-corrected chi connectivity index (χ3v) is 5.53. The van der Waals surface area contributed by atoms with Gasteiger partial charge in [-0.05, 0) is 30.7 Å². The van der Waals surface area contributed by atoms with Gasteiger partial charge in [0.1, 0.15) is 12.3 Å². The van der Waals surface area contributed by atoms with E-state index in [1.54, 1.807) is 36.1 Å². The molecule has 1 aliphatic rings. The second-order valence-electron chi connectivity index (χ2n) is 7.77. The summed E-state index contributed by atoms with van der Waals surface area (Å²) in [6.07, 6.45) is 1.22. The third kappa shape index (κ3) is 4.27. The quantitative estimate of drug-likeness (QED) is 0.480. The summed E-state index contributed by atoms with van der Waals surface area (Å²) in [6.45, 7) is 0.881. The van der Waals surface area contributed by atoms with Crippen LogP contribution < -0.4 is 14.8 Å². The van der Waals surface area contributed by atoms with Gasteiger partial charge in [-0.2, -0.15) is 5.10 Å². The number of hydrogen-bond donors (Lipinski definition) is 1. The number of Topliss-reactive ketones (excluding diaryl/α,β-unsaturated/α-hetero) is 1. The Morgan fingerprint density at radius 1 is 1.09 bits per heavy atom. The van der Waals surface area contributed by atoms with Gasteiger partial charge in [-0.1, -0.05) is 24.3 Å². The largest absolute Gasteiger partial charge is 0.493 e. The Kier molecular flexibility index (Phi) is 5.48. The van der Waals surface area contributed by atoms with Crippen LogP contribution >= 0.6 is 0 Å². The summed E-state index contributed by atoms with van der Waals surface area (Å²) in [5.41, 5.74) is 2.89. The van der Waals surface area contributed by atoms with E-state index in [4.69, 9.17) is 9.47 Å². The van der Waals surface area contributed by atoms with Crippen LogP contribution in [0, 0.1) is 0 Å². The van der Waals surface area contributed by atoms with Gasteiger partial charge in [0.15, 0.2) is 23.0 Å². The number of ketones is 1. The molecule has 1 amide bonds. The number of ether oxygens (including phenoxy) is 2. The van der Waals surface area contributed by atoms with Crippen molar-refractivity contribution in [2.75, 3.05) is 12.4 Å². The highest BCUT2D eigenvalue weighted by Gasteiger charge is 2.22. The molecular weight excluding hydrogens is 420 g/mol. The summed E-state index contributed by atoms with van der Waals surface area (Å²) in [5, 5.41) is 8.15. The first-order valence-electron chi connectivity index (χ1n) is 10.7. The van der Waals surface area contributed by atoms with Gasteiger partial charge < -0.3 is 14.8 Å². The molecule has 0 radical (unpaired) electrons. The number of aromatic nitrogens is 3. The monoisotopic (exact) mass is 442 g/mol. The second kappa shape index (κ2) is 8.74. The van der Waals surface area contributed by atoms with Crippen LogP contribution in [0.2, 0.25) is 0 Å². The Bertz CT molecular complexity index is 1360. The molecule has 0 aliphatic carbocycles. The molecule has 0 atom stereocenters. The van der Waals surface area contributed by atoms with Crippen LogP contribution in [0.3, 0.4) is 0 Å². The molecule has 0 fully saturated rings. The fourth-order valence-corrected chi connectivity index (χ4v) is 3.84. The lowest BCUT2D eigenvalue weighted by atomic mass is 10.1. The minimum atomic E-state index is -0.392. The maximum Gasteiger partial charge on any atom is 0.276 e. The number of nitrogens with one attached hydrogen (secondary N) is 1. The fourth-order valence-electron chi connectivity index (χ4n) is 3.84. The van der Waals surface area contributed by atoms with E-state index in [0.717, 1.165) is 23.0 Å². The molecule has 3 heterocycles.